The van der Waals surface area contributed by atoms with Gasteiger partial charge in [0.1, 0.15) is 11.6 Å². The zero-order chi connectivity index (χ0) is 15.8. The highest BCUT2D eigenvalue weighted by atomic mass is 19.1. The summed E-state index contributed by atoms with van der Waals surface area (Å²) in [5.41, 5.74) is 5.45. The number of ether oxygens (including phenoxy) is 1. The molecule has 2 N–H and O–H groups in total. The summed E-state index contributed by atoms with van der Waals surface area (Å²) >= 11 is 0. The van der Waals surface area contributed by atoms with Crippen LogP contribution >= 0.6 is 0 Å². The van der Waals surface area contributed by atoms with E-state index in [4.69, 9.17) is 10.5 Å². The molecule has 0 aromatic heterocycles. The molecule has 1 saturated heterocycles. The van der Waals surface area contributed by atoms with Gasteiger partial charge in [-0.2, -0.15) is 0 Å². The monoisotopic (exact) mass is 298 g/mol. The molecule has 0 amide bonds. The molecule has 1 aromatic rings. The van der Waals surface area contributed by atoms with E-state index >= 15 is 0 Å². The summed E-state index contributed by atoms with van der Waals surface area (Å²) in [6.07, 6.45) is 0. The highest BCUT2D eigenvalue weighted by Gasteiger charge is 2.41. The van der Waals surface area contributed by atoms with E-state index < -0.39 is 11.6 Å². The van der Waals surface area contributed by atoms with Crippen molar-refractivity contribution in [3.63, 3.8) is 0 Å². The van der Waals surface area contributed by atoms with Crippen LogP contribution in [0.5, 0.6) is 0 Å². The molecule has 1 aliphatic rings. The van der Waals surface area contributed by atoms with Gasteiger partial charge in [0.15, 0.2) is 0 Å². The second-order valence-electron chi connectivity index (χ2n) is 6.94. The molecule has 2 rings (SSSR count). The maximum absolute atomic E-state index is 14.1. The van der Waals surface area contributed by atoms with Crippen LogP contribution in [0.15, 0.2) is 18.2 Å². The fourth-order valence-electron chi connectivity index (χ4n) is 3.31. The Morgan fingerprint density at radius 3 is 2.29 bits per heavy atom. The van der Waals surface area contributed by atoms with E-state index in [0.717, 1.165) is 12.1 Å². The highest BCUT2D eigenvalue weighted by molar-refractivity contribution is 5.23. The zero-order valence-electron chi connectivity index (χ0n) is 13.1. The molecule has 0 spiro atoms. The molecule has 21 heavy (non-hydrogen) atoms. The predicted molar refractivity (Wildman–Crippen MR) is 79.0 cm³/mol. The lowest BCUT2D eigenvalue weighted by atomic mass is 9.94. The van der Waals surface area contributed by atoms with Gasteiger partial charge in [-0.05, 0) is 45.9 Å². The molecule has 0 radical (unpaired) electrons. The van der Waals surface area contributed by atoms with Crippen LogP contribution in [0.2, 0.25) is 0 Å². The minimum absolute atomic E-state index is 0.229. The summed E-state index contributed by atoms with van der Waals surface area (Å²) < 4.78 is 33.6. The van der Waals surface area contributed by atoms with Crippen molar-refractivity contribution in [1.29, 1.82) is 0 Å². The summed E-state index contributed by atoms with van der Waals surface area (Å²) in [6, 6.07) is 3.16. The molecule has 1 aromatic carbocycles. The van der Waals surface area contributed by atoms with Gasteiger partial charge in [-0.15, -0.1) is 0 Å². The van der Waals surface area contributed by atoms with Crippen LogP contribution in [-0.2, 0) is 4.74 Å². The average molecular weight is 298 g/mol. The Morgan fingerprint density at radius 1 is 1.19 bits per heavy atom. The minimum Gasteiger partial charge on any atom is -0.367 e. The Bertz CT molecular complexity index is 501. The van der Waals surface area contributed by atoms with Gasteiger partial charge in [-0.3, -0.25) is 4.90 Å². The van der Waals surface area contributed by atoms with Crippen molar-refractivity contribution in [2.24, 2.45) is 5.73 Å². The Balaban J connectivity index is 2.34. The van der Waals surface area contributed by atoms with E-state index in [-0.39, 0.29) is 23.8 Å². The highest BCUT2D eigenvalue weighted by Crippen LogP contribution is 2.34. The summed E-state index contributed by atoms with van der Waals surface area (Å²) in [5, 5.41) is 0. The standard InChI is InChI=1S/C16H24F2N2O/c1-15(2)9-20(10-16(3,4)21-15)14(8-19)12-7-11(17)5-6-13(12)18/h5-7,14H,8-10,19H2,1-4H3. The molecular formula is C16H24F2N2O. The first-order valence-corrected chi connectivity index (χ1v) is 7.23. The van der Waals surface area contributed by atoms with Crippen LogP contribution in [0.4, 0.5) is 8.78 Å². The molecular weight excluding hydrogens is 274 g/mol. The number of nitrogens with two attached hydrogens (primary N) is 1. The number of hydrogen-bond donors (Lipinski definition) is 1. The first-order chi connectivity index (χ1) is 9.63. The van der Waals surface area contributed by atoms with Gasteiger partial charge in [-0.25, -0.2) is 8.78 Å². The normalized spacial score (nSPS) is 23.0. The van der Waals surface area contributed by atoms with Crippen LogP contribution in [-0.4, -0.2) is 35.7 Å². The Kier molecular flexibility index (Phi) is 4.38. The van der Waals surface area contributed by atoms with Crippen LogP contribution in [0, 0.1) is 11.6 Å². The van der Waals surface area contributed by atoms with Gasteiger partial charge >= 0.3 is 0 Å². The lowest BCUT2D eigenvalue weighted by molar-refractivity contribution is -0.187. The maximum atomic E-state index is 14.1. The van der Waals surface area contributed by atoms with Crippen LogP contribution in [0.25, 0.3) is 0 Å². The molecule has 1 fully saturated rings. The number of rotatable bonds is 3. The Morgan fingerprint density at radius 2 is 1.76 bits per heavy atom. The van der Waals surface area contributed by atoms with Crippen molar-refractivity contribution in [2.45, 2.75) is 44.9 Å². The molecule has 1 unspecified atom stereocenters. The quantitative estimate of drug-likeness (QED) is 0.932. The van der Waals surface area contributed by atoms with E-state index in [1.54, 1.807) is 0 Å². The van der Waals surface area contributed by atoms with Gasteiger partial charge in [0.05, 0.1) is 17.2 Å². The van der Waals surface area contributed by atoms with E-state index in [2.05, 4.69) is 4.90 Å². The first kappa shape index (κ1) is 16.3. The second kappa shape index (κ2) is 5.63. The van der Waals surface area contributed by atoms with Crippen molar-refractivity contribution in [1.82, 2.24) is 4.90 Å². The van der Waals surface area contributed by atoms with Crippen LogP contribution in [0.1, 0.15) is 39.3 Å². The predicted octanol–water partition coefficient (Wildman–Crippen LogP) is 2.85. The molecule has 3 nitrogen and oxygen atoms in total. The van der Waals surface area contributed by atoms with Gasteiger partial charge in [0.25, 0.3) is 0 Å². The van der Waals surface area contributed by atoms with Crippen LogP contribution < -0.4 is 5.73 Å². The zero-order valence-corrected chi connectivity index (χ0v) is 13.1. The fourth-order valence-corrected chi connectivity index (χ4v) is 3.31. The van der Waals surface area contributed by atoms with E-state index in [1.165, 1.54) is 6.07 Å². The van der Waals surface area contributed by atoms with Gasteiger partial charge in [-0.1, -0.05) is 0 Å². The summed E-state index contributed by atoms with van der Waals surface area (Å²) in [4.78, 5) is 2.08. The first-order valence-electron chi connectivity index (χ1n) is 7.23. The van der Waals surface area contributed by atoms with Gasteiger partial charge in [0, 0.05) is 25.2 Å². The summed E-state index contributed by atoms with van der Waals surface area (Å²) in [5.74, 6) is -0.870. The SMILES string of the molecule is CC1(C)CN(C(CN)c2cc(F)ccc2F)CC(C)(C)O1. The summed E-state index contributed by atoms with van der Waals surface area (Å²) in [6.45, 7) is 9.45. The fraction of sp³-hybridized carbons (Fsp3) is 0.625. The number of halogens is 2. The Labute approximate surface area is 125 Å². The second-order valence-corrected chi connectivity index (χ2v) is 6.94. The molecule has 0 aliphatic carbocycles. The van der Waals surface area contributed by atoms with Crippen molar-refractivity contribution in [2.75, 3.05) is 19.6 Å². The molecule has 0 saturated carbocycles. The van der Waals surface area contributed by atoms with E-state index in [9.17, 15) is 8.78 Å². The Hall–Kier alpha value is -1.04. The molecule has 0 bridgehead atoms. The minimum atomic E-state index is -0.448. The molecule has 118 valence electrons. The lowest BCUT2D eigenvalue weighted by Gasteiger charge is -2.49. The third-order valence-electron chi connectivity index (χ3n) is 3.70. The molecule has 1 atom stereocenters. The van der Waals surface area contributed by atoms with Crippen molar-refractivity contribution < 1.29 is 13.5 Å². The third-order valence-corrected chi connectivity index (χ3v) is 3.70. The van der Waals surface area contributed by atoms with Gasteiger partial charge < -0.3 is 10.5 Å². The lowest BCUT2D eigenvalue weighted by Crippen LogP contribution is -2.58. The molecule has 1 aliphatic heterocycles. The number of morpholine rings is 1. The van der Waals surface area contributed by atoms with E-state index in [1.807, 2.05) is 27.7 Å². The number of nitrogens with zero attached hydrogens (tertiary/aromatic N) is 1. The maximum Gasteiger partial charge on any atom is 0.128 e. The topological polar surface area (TPSA) is 38.5 Å². The smallest absolute Gasteiger partial charge is 0.128 e. The molecule has 5 heteroatoms. The van der Waals surface area contributed by atoms with E-state index in [0.29, 0.717) is 18.7 Å². The number of hydrogen-bond acceptors (Lipinski definition) is 3. The van der Waals surface area contributed by atoms with Crippen LogP contribution in [0.3, 0.4) is 0 Å². The number of benzene rings is 1. The summed E-state index contributed by atoms with van der Waals surface area (Å²) in [7, 11) is 0. The van der Waals surface area contributed by atoms with Crippen molar-refractivity contribution >= 4 is 0 Å². The third kappa shape index (κ3) is 3.78. The molecule has 1 heterocycles. The van der Waals surface area contributed by atoms with Crippen molar-refractivity contribution in [3.05, 3.63) is 35.4 Å². The largest absolute Gasteiger partial charge is 0.367 e. The van der Waals surface area contributed by atoms with Crippen molar-refractivity contribution in [3.8, 4) is 0 Å². The van der Waals surface area contributed by atoms with Gasteiger partial charge in [0.2, 0.25) is 0 Å². The average Bonchev–Trinajstić information content (AvgIpc) is 2.30.